The molecule has 0 aromatic heterocycles. The van der Waals surface area contributed by atoms with Crippen LogP contribution in [0, 0.1) is 11.3 Å². The van der Waals surface area contributed by atoms with Gasteiger partial charge < -0.3 is 4.74 Å². The summed E-state index contributed by atoms with van der Waals surface area (Å²) in [7, 11) is 0. The molecular formula is C15H11BrClNO. The molecule has 0 atom stereocenters. The average Bonchev–Trinajstić information content (AvgIpc) is 2.46. The van der Waals surface area contributed by atoms with Gasteiger partial charge in [-0.05, 0) is 23.8 Å². The summed E-state index contributed by atoms with van der Waals surface area (Å²) in [4.78, 5) is 0. The molecule has 0 aliphatic carbocycles. The first-order valence-corrected chi connectivity index (χ1v) is 7.19. The van der Waals surface area contributed by atoms with Crippen molar-refractivity contribution in [3.63, 3.8) is 0 Å². The Balaban J connectivity index is 2.13. The lowest BCUT2D eigenvalue weighted by molar-refractivity contribution is 0.306. The first-order valence-electron chi connectivity index (χ1n) is 5.70. The maximum Gasteiger partial charge on any atom is 0.138 e. The van der Waals surface area contributed by atoms with Crippen LogP contribution >= 0.6 is 27.5 Å². The molecule has 2 aromatic rings. The smallest absolute Gasteiger partial charge is 0.138 e. The second-order valence-electron chi connectivity index (χ2n) is 3.96. The zero-order chi connectivity index (χ0) is 13.7. The summed E-state index contributed by atoms with van der Waals surface area (Å²) in [6, 6.07) is 15.2. The van der Waals surface area contributed by atoms with Crippen LogP contribution in [0.2, 0.25) is 5.02 Å². The lowest BCUT2D eigenvalue weighted by atomic mass is 10.1. The molecule has 0 N–H and O–H groups in total. The van der Waals surface area contributed by atoms with Gasteiger partial charge in [0.15, 0.2) is 0 Å². The fourth-order valence-corrected chi connectivity index (χ4v) is 2.26. The first kappa shape index (κ1) is 13.9. The Bertz CT molecular complexity index is 622. The Morgan fingerprint density at radius 2 is 2.00 bits per heavy atom. The lowest BCUT2D eigenvalue weighted by Gasteiger charge is -2.09. The third-order valence-corrected chi connectivity index (χ3v) is 3.61. The number of ether oxygens (including phenoxy) is 1. The summed E-state index contributed by atoms with van der Waals surface area (Å²) in [5.74, 6) is 0.624. The van der Waals surface area contributed by atoms with Gasteiger partial charge in [-0.2, -0.15) is 5.26 Å². The van der Waals surface area contributed by atoms with Crippen molar-refractivity contribution in [2.75, 3.05) is 0 Å². The summed E-state index contributed by atoms with van der Waals surface area (Å²) >= 11 is 9.51. The molecule has 0 fully saturated rings. The molecule has 0 aliphatic heterocycles. The molecular weight excluding hydrogens is 326 g/mol. The molecule has 0 aliphatic rings. The van der Waals surface area contributed by atoms with E-state index in [0.29, 0.717) is 22.9 Å². The number of hydrogen-bond acceptors (Lipinski definition) is 2. The van der Waals surface area contributed by atoms with Crippen LogP contribution in [0.5, 0.6) is 5.75 Å². The standard InChI is InChI=1S/C15H11BrClNO/c16-8-11-5-6-15(14(17)7-11)19-10-13-4-2-1-3-12(13)9-18/h1-7H,8,10H2. The molecule has 4 heteroatoms. The number of hydrogen-bond donors (Lipinski definition) is 0. The summed E-state index contributed by atoms with van der Waals surface area (Å²) < 4.78 is 5.67. The van der Waals surface area contributed by atoms with Crippen molar-refractivity contribution in [3.8, 4) is 11.8 Å². The molecule has 0 spiro atoms. The Kier molecular flexibility index (Phi) is 4.84. The molecule has 0 bridgehead atoms. The van der Waals surface area contributed by atoms with Crippen molar-refractivity contribution in [1.82, 2.24) is 0 Å². The molecule has 2 aromatic carbocycles. The van der Waals surface area contributed by atoms with Gasteiger partial charge >= 0.3 is 0 Å². The number of alkyl halides is 1. The largest absolute Gasteiger partial charge is 0.487 e. The van der Waals surface area contributed by atoms with E-state index in [9.17, 15) is 0 Å². The predicted molar refractivity (Wildman–Crippen MR) is 79.6 cm³/mol. The van der Waals surface area contributed by atoms with Crippen LogP contribution in [-0.4, -0.2) is 0 Å². The van der Waals surface area contributed by atoms with E-state index in [1.54, 1.807) is 6.07 Å². The van der Waals surface area contributed by atoms with Crippen LogP contribution < -0.4 is 4.74 Å². The fraction of sp³-hybridized carbons (Fsp3) is 0.133. The van der Waals surface area contributed by atoms with E-state index in [1.165, 1.54) is 0 Å². The molecule has 0 unspecified atom stereocenters. The highest BCUT2D eigenvalue weighted by atomic mass is 79.9. The Hall–Kier alpha value is -1.50. The van der Waals surface area contributed by atoms with Gasteiger partial charge in [-0.15, -0.1) is 0 Å². The van der Waals surface area contributed by atoms with Crippen molar-refractivity contribution in [3.05, 3.63) is 64.2 Å². The molecule has 0 saturated carbocycles. The van der Waals surface area contributed by atoms with Gasteiger partial charge in [0.05, 0.1) is 16.7 Å². The lowest BCUT2D eigenvalue weighted by Crippen LogP contribution is -1.98. The van der Waals surface area contributed by atoms with Crippen LogP contribution in [0.1, 0.15) is 16.7 Å². The van der Waals surface area contributed by atoms with Gasteiger partial charge in [0.1, 0.15) is 12.4 Å². The van der Waals surface area contributed by atoms with Gasteiger partial charge in [-0.25, -0.2) is 0 Å². The third-order valence-electron chi connectivity index (χ3n) is 2.67. The quantitative estimate of drug-likeness (QED) is 0.759. The molecule has 2 nitrogen and oxygen atoms in total. The van der Waals surface area contributed by atoms with E-state index < -0.39 is 0 Å². The monoisotopic (exact) mass is 335 g/mol. The van der Waals surface area contributed by atoms with Crippen LogP contribution in [-0.2, 0) is 11.9 Å². The summed E-state index contributed by atoms with van der Waals surface area (Å²) in [6.07, 6.45) is 0. The van der Waals surface area contributed by atoms with Crippen molar-refractivity contribution in [2.24, 2.45) is 0 Å². The summed E-state index contributed by atoms with van der Waals surface area (Å²) in [6.45, 7) is 0.330. The maximum atomic E-state index is 9.00. The molecule has 19 heavy (non-hydrogen) atoms. The zero-order valence-corrected chi connectivity index (χ0v) is 12.4. The Morgan fingerprint density at radius 3 is 2.68 bits per heavy atom. The van der Waals surface area contributed by atoms with Crippen LogP contribution in [0.25, 0.3) is 0 Å². The number of nitrogens with zero attached hydrogens (tertiary/aromatic N) is 1. The SMILES string of the molecule is N#Cc1ccccc1COc1ccc(CBr)cc1Cl. The van der Waals surface area contributed by atoms with E-state index in [1.807, 2.05) is 36.4 Å². The maximum absolute atomic E-state index is 9.00. The van der Waals surface area contributed by atoms with Gasteiger partial charge in [-0.3, -0.25) is 0 Å². The van der Waals surface area contributed by atoms with E-state index in [-0.39, 0.29) is 0 Å². The minimum atomic E-state index is 0.330. The van der Waals surface area contributed by atoms with Crippen LogP contribution in [0.4, 0.5) is 0 Å². The van der Waals surface area contributed by atoms with E-state index >= 15 is 0 Å². The predicted octanol–water partition coefficient (Wildman–Crippen LogP) is 4.69. The average molecular weight is 337 g/mol. The molecule has 0 saturated heterocycles. The van der Waals surface area contributed by atoms with Gasteiger partial charge in [0.25, 0.3) is 0 Å². The normalized spacial score (nSPS) is 9.95. The van der Waals surface area contributed by atoms with Gasteiger partial charge in [-0.1, -0.05) is 51.8 Å². The van der Waals surface area contributed by atoms with Crippen molar-refractivity contribution >= 4 is 27.5 Å². The molecule has 2 rings (SSSR count). The Morgan fingerprint density at radius 1 is 1.21 bits per heavy atom. The van der Waals surface area contributed by atoms with Crippen molar-refractivity contribution in [1.29, 1.82) is 5.26 Å². The van der Waals surface area contributed by atoms with Crippen LogP contribution in [0.15, 0.2) is 42.5 Å². The number of benzene rings is 2. The highest BCUT2D eigenvalue weighted by Gasteiger charge is 2.05. The minimum absolute atomic E-state index is 0.330. The second kappa shape index (κ2) is 6.60. The zero-order valence-electron chi connectivity index (χ0n) is 10.1. The minimum Gasteiger partial charge on any atom is -0.487 e. The van der Waals surface area contributed by atoms with E-state index in [0.717, 1.165) is 16.5 Å². The third kappa shape index (κ3) is 3.50. The second-order valence-corrected chi connectivity index (χ2v) is 4.92. The van der Waals surface area contributed by atoms with E-state index in [2.05, 4.69) is 22.0 Å². The van der Waals surface area contributed by atoms with Gasteiger partial charge in [0.2, 0.25) is 0 Å². The molecule has 0 radical (unpaired) electrons. The number of rotatable bonds is 4. The molecule has 0 heterocycles. The Labute approximate surface area is 125 Å². The highest BCUT2D eigenvalue weighted by molar-refractivity contribution is 9.08. The number of nitriles is 1. The molecule has 96 valence electrons. The van der Waals surface area contributed by atoms with E-state index in [4.69, 9.17) is 21.6 Å². The fourth-order valence-electron chi connectivity index (χ4n) is 1.66. The summed E-state index contributed by atoms with van der Waals surface area (Å²) in [5, 5.41) is 10.3. The van der Waals surface area contributed by atoms with Crippen molar-refractivity contribution in [2.45, 2.75) is 11.9 Å². The van der Waals surface area contributed by atoms with Gasteiger partial charge in [0, 0.05) is 10.9 Å². The molecule has 0 amide bonds. The summed E-state index contributed by atoms with van der Waals surface area (Å²) in [5.41, 5.74) is 2.57. The van der Waals surface area contributed by atoms with Crippen molar-refractivity contribution < 1.29 is 4.74 Å². The van der Waals surface area contributed by atoms with Crippen LogP contribution in [0.3, 0.4) is 0 Å². The highest BCUT2D eigenvalue weighted by Crippen LogP contribution is 2.27. The number of halogens is 2. The topological polar surface area (TPSA) is 33.0 Å². The first-order chi connectivity index (χ1) is 9.24.